The van der Waals surface area contributed by atoms with Gasteiger partial charge in [0.25, 0.3) is 0 Å². The van der Waals surface area contributed by atoms with E-state index in [4.69, 9.17) is 23.2 Å². The van der Waals surface area contributed by atoms with E-state index in [9.17, 15) is 5.11 Å². The van der Waals surface area contributed by atoms with Crippen molar-refractivity contribution >= 4 is 23.2 Å². The highest BCUT2D eigenvalue weighted by Gasteiger charge is 2.11. The summed E-state index contributed by atoms with van der Waals surface area (Å²) in [6, 6.07) is 4.99. The van der Waals surface area contributed by atoms with Crippen molar-refractivity contribution in [3.63, 3.8) is 0 Å². The summed E-state index contributed by atoms with van der Waals surface area (Å²) >= 11 is 11.6. The first-order valence-corrected chi connectivity index (χ1v) is 4.56. The molecular weight excluding hydrogens is 207 g/mol. The second-order valence-electron chi connectivity index (χ2n) is 2.91. The molecule has 1 unspecified atom stereocenters. The Morgan fingerprint density at radius 1 is 1.46 bits per heavy atom. The van der Waals surface area contributed by atoms with Crippen LogP contribution in [0.3, 0.4) is 0 Å². The van der Waals surface area contributed by atoms with Gasteiger partial charge in [-0.15, -0.1) is 0 Å². The van der Waals surface area contributed by atoms with Gasteiger partial charge in [-0.2, -0.15) is 0 Å². The lowest BCUT2D eigenvalue weighted by atomic mass is 10.0. The van der Waals surface area contributed by atoms with Gasteiger partial charge in [-0.25, -0.2) is 0 Å². The molecule has 0 saturated carbocycles. The second-order valence-corrected chi connectivity index (χ2v) is 3.76. The van der Waals surface area contributed by atoms with Gasteiger partial charge in [-0.1, -0.05) is 35.8 Å². The van der Waals surface area contributed by atoms with Crippen LogP contribution in [0.15, 0.2) is 30.4 Å². The SMILES string of the molecule is C=C(C)C(O)c1ccc(Cl)cc1Cl. The molecule has 1 atom stereocenters. The Balaban J connectivity index is 3.08. The molecular formula is C10H10Cl2O. The Hall–Kier alpha value is -0.500. The van der Waals surface area contributed by atoms with Crippen LogP contribution in [0.5, 0.6) is 0 Å². The molecule has 3 heteroatoms. The molecule has 0 heterocycles. The highest BCUT2D eigenvalue weighted by atomic mass is 35.5. The normalized spacial score (nSPS) is 12.6. The van der Waals surface area contributed by atoms with Gasteiger partial charge in [-0.3, -0.25) is 0 Å². The molecule has 1 nitrogen and oxygen atoms in total. The molecule has 0 saturated heterocycles. The molecule has 0 bridgehead atoms. The predicted molar refractivity (Wildman–Crippen MR) is 56.2 cm³/mol. The molecule has 1 N–H and O–H groups in total. The first kappa shape index (κ1) is 10.6. The van der Waals surface area contributed by atoms with Crippen LogP contribution >= 0.6 is 23.2 Å². The lowest BCUT2D eigenvalue weighted by Crippen LogP contribution is -1.98. The van der Waals surface area contributed by atoms with Crippen molar-refractivity contribution in [3.05, 3.63) is 46.0 Å². The van der Waals surface area contributed by atoms with Gasteiger partial charge in [0.05, 0.1) is 0 Å². The number of hydrogen-bond donors (Lipinski definition) is 1. The van der Waals surface area contributed by atoms with Crippen molar-refractivity contribution in [2.75, 3.05) is 0 Å². The van der Waals surface area contributed by atoms with E-state index in [1.54, 1.807) is 25.1 Å². The molecule has 1 aromatic rings. The first-order valence-electron chi connectivity index (χ1n) is 3.81. The van der Waals surface area contributed by atoms with Crippen LogP contribution < -0.4 is 0 Å². The molecule has 0 aromatic heterocycles. The maximum Gasteiger partial charge on any atom is 0.101 e. The summed E-state index contributed by atoms with van der Waals surface area (Å²) in [6.45, 7) is 5.40. The molecule has 0 aliphatic carbocycles. The summed E-state index contributed by atoms with van der Waals surface area (Å²) in [5.74, 6) is 0. The van der Waals surface area contributed by atoms with Gasteiger partial charge in [0.2, 0.25) is 0 Å². The van der Waals surface area contributed by atoms with Crippen LogP contribution in [-0.4, -0.2) is 5.11 Å². The van der Waals surface area contributed by atoms with Gasteiger partial charge < -0.3 is 5.11 Å². The number of rotatable bonds is 2. The standard InChI is InChI=1S/C10H10Cl2O/c1-6(2)10(13)8-4-3-7(11)5-9(8)12/h3-5,10,13H,1H2,2H3. The van der Waals surface area contributed by atoms with Crippen LogP contribution in [0.2, 0.25) is 10.0 Å². The minimum absolute atomic E-state index is 0.461. The minimum atomic E-state index is -0.718. The Bertz CT molecular complexity index is 334. The zero-order chi connectivity index (χ0) is 10.0. The number of aliphatic hydroxyl groups is 1. The minimum Gasteiger partial charge on any atom is -0.384 e. The maximum atomic E-state index is 9.64. The van der Waals surface area contributed by atoms with E-state index in [0.717, 1.165) is 0 Å². The smallest absolute Gasteiger partial charge is 0.101 e. The van der Waals surface area contributed by atoms with E-state index in [1.165, 1.54) is 0 Å². The second kappa shape index (κ2) is 4.14. The van der Waals surface area contributed by atoms with Crippen molar-refractivity contribution < 1.29 is 5.11 Å². The largest absolute Gasteiger partial charge is 0.384 e. The molecule has 70 valence electrons. The molecule has 0 aliphatic heterocycles. The quantitative estimate of drug-likeness (QED) is 0.750. The Morgan fingerprint density at radius 3 is 2.54 bits per heavy atom. The van der Waals surface area contributed by atoms with Crippen molar-refractivity contribution in [2.24, 2.45) is 0 Å². The highest BCUT2D eigenvalue weighted by Crippen LogP contribution is 2.29. The highest BCUT2D eigenvalue weighted by molar-refractivity contribution is 6.35. The van der Waals surface area contributed by atoms with Crippen molar-refractivity contribution in [3.8, 4) is 0 Å². The summed E-state index contributed by atoms with van der Waals surface area (Å²) < 4.78 is 0. The fourth-order valence-corrected chi connectivity index (χ4v) is 1.50. The molecule has 0 radical (unpaired) electrons. The number of hydrogen-bond acceptors (Lipinski definition) is 1. The monoisotopic (exact) mass is 216 g/mol. The molecule has 1 rings (SSSR count). The third-order valence-corrected chi connectivity index (χ3v) is 2.29. The van der Waals surface area contributed by atoms with Gasteiger partial charge in [0.15, 0.2) is 0 Å². The number of halogens is 2. The van der Waals surface area contributed by atoms with E-state index >= 15 is 0 Å². The third kappa shape index (κ3) is 2.47. The third-order valence-electron chi connectivity index (χ3n) is 1.72. The zero-order valence-electron chi connectivity index (χ0n) is 7.22. The van der Waals surface area contributed by atoms with Crippen molar-refractivity contribution in [1.82, 2.24) is 0 Å². The molecule has 0 fully saturated rings. The molecule has 0 spiro atoms. The summed E-state index contributed by atoms with van der Waals surface area (Å²) in [4.78, 5) is 0. The van der Waals surface area contributed by atoms with Gasteiger partial charge in [0, 0.05) is 15.6 Å². The van der Waals surface area contributed by atoms with E-state index < -0.39 is 6.10 Å². The number of benzene rings is 1. The van der Waals surface area contributed by atoms with Gasteiger partial charge in [0.1, 0.15) is 6.10 Å². The molecule has 13 heavy (non-hydrogen) atoms. The summed E-state index contributed by atoms with van der Waals surface area (Å²) in [7, 11) is 0. The fraction of sp³-hybridized carbons (Fsp3) is 0.200. The van der Waals surface area contributed by atoms with E-state index in [1.807, 2.05) is 0 Å². The van der Waals surface area contributed by atoms with Crippen LogP contribution in [0.25, 0.3) is 0 Å². The van der Waals surface area contributed by atoms with Crippen molar-refractivity contribution in [2.45, 2.75) is 13.0 Å². The first-order chi connectivity index (χ1) is 6.02. The van der Waals surface area contributed by atoms with E-state index in [0.29, 0.717) is 21.2 Å². The summed E-state index contributed by atoms with van der Waals surface area (Å²) in [6.07, 6.45) is -0.718. The zero-order valence-corrected chi connectivity index (χ0v) is 8.73. The summed E-state index contributed by atoms with van der Waals surface area (Å²) in [5.41, 5.74) is 1.29. The molecule has 0 amide bonds. The van der Waals surface area contributed by atoms with Gasteiger partial charge >= 0.3 is 0 Å². The molecule has 1 aromatic carbocycles. The van der Waals surface area contributed by atoms with E-state index in [-0.39, 0.29) is 0 Å². The lowest BCUT2D eigenvalue weighted by Gasteiger charge is -2.12. The van der Waals surface area contributed by atoms with Crippen molar-refractivity contribution in [1.29, 1.82) is 0 Å². The summed E-state index contributed by atoms with van der Waals surface area (Å²) in [5, 5.41) is 10.7. The van der Waals surface area contributed by atoms with Crippen LogP contribution in [0.4, 0.5) is 0 Å². The number of aliphatic hydroxyl groups excluding tert-OH is 1. The predicted octanol–water partition coefficient (Wildman–Crippen LogP) is 3.60. The molecule has 0 aliphatic rings. The van der Waals surface area contributed by atoms with Crippen LogP contribution in [-0.2, 0) is 0 Å². The Kier molecular flexibility index (Phi) is 3.37. The average Bonchev–Trinajstić information content (AvgIpc) is 2.03. The topological polar surface area (TPSA) is 20.2 Å². The van der Waals surface area contributed by atoms with E-state index in [2.05, 4.69) is 6.58 Å². The van der Waals surface area contributed by atoms with Crippen LogP contribution in [0, 0.1) is 0 Å². The lowest BCUT2D eigenvalue weighted by molar-refractivity contribution is 0.216. The Morgan fingerprint density at radius 2 is 2.08 bits per heavy atom. The average molecular weight is 217 g/mol. The maximum absolute atomic E-state index is 9.64. The fourth-order valence-electron chi connectivity index (χ4n) is 0.989. The van der Waals surface area contributed by atoms with Crippen LogP contribution in [0.1, 0.15) is 18.6 Å². The Labute approximate surface area is 87.6 Å². The van der Waals surface area contributed by atoms with Gasteiger partial charge in [-0.05, 0) is 24.6 Å².